The van der Waals surface area contributed by atoms with Crippen LogP contribution in [0.2, 0.25) is 0 Å². The molecule has 0 aromatic heterocycles. The largest absolute Gasteiger partial charge is 0.494 e. The summed E-state index contributed by atoms with van der Waals surface area (Å²) in [7, 11) is 0. The minimum Gasteiger partial charge on any atom is -0.494 e. The summed E-state index contributed by atoms with van der Waals surface area (Å²) in [6.07, 6.45) is 3.89. The Hall–Kier alpha value is -3.06. The number of unbranched alkanes of at least 4 members (excludes halogenated alkanes) is 1. The summed E-state index contributed by atoms with van der Waals surface area (Å²) in [5, 5.41) is 8.77. The third-order valence-electron chi connectivity index (χ3n) is 3.55. The molecule has 0 fully saturated rings. The molecule has 0 aliphatic rings. The molecule has 0 heterocycles. The van der Waals surface area contributed by atoms with E-state index in [2.05, 4.69) is 6.92 Å². The molecular formula is C21H21NO3. The van der Waals surface area contributed by atoms with Crippen LogP contribution in [0.25, 0.3) is 6.08 Å². The van der Waals surface area contributed by atoms with Crippen molar-refractivity contribution in [2.45, 2.75) is 26.7 Å². The van der Waals surface area contributed by atoms with Crippen molar-refractivity contribution in [3.63, 3.8) is 0 Å². The molecule has 0 spiro atoms. The molecular weight excluding hydrogens is 314 g/mol. The number of hydrogen-bond acceptors (Lipinski definition) is 4. The normalized spacial score (nSPS) is 10.8. The zero-order valence-electron chi connectivity index (χ0n) is 14.5. The van der Waals surface area contributed by atoms with Crippen molar-refractivity contribution in [1.82, 2.24) is 0 Å². The molecule has 0 aliphatic heterocycles. The van der Waals surface area contributed by atoms with Gasteiger partial charge < -0.3 is 9.47 Å². The first-order valence-corrected chi connectivity index (χ1v) is 8.26. The van der Waals surface area contributed by atoms with Crippen LogP contribution in [-0.2, 0) is 4.79 Å². The van der Waals surface area contributed by atoms with Gasteiger partial charge in [0, 0.05) is 5.57 Å². The van der Waals surface area contributed by atoms with Crippen LogP contribution in [0, 0.1) is 11.3 Å². The van der Waals surface area contributed by atoms with Crippen LogP contribution in [-0.4, -0.2) is 12.6 Å². The molecule has 128 valence electrons. The van der Waals surface area contributed by atoms with Crippen molar-refractivity contribution in [1.29, 1.82) is 5.26 Å². The van der Waals surface area contributed by atoms with Gasteiger partial charge in [-0.1, -0.05) is 25.5 Å². The highest BCUT2D eigenvalue weighted by Gasteiger charge is 2.08. The number of nitrogens with zero attached hydrogens (tertiary/aromatic N) is 1. The van der Waals surface area contributed by atoms with Crippen LogP contribution in [0.5, 0.6) is 11.5 Å². The number of esters is 1. The van der Waals surface area contributed by atoms with E-state index in [9.17, 15) is 4.79 Å². The molecule has 25 heavy (non-hydrogen) atoms. The van der Waals surface area contributed by atoms with Crippen LogP contribution in [0.1, 0.15) is 37.8 Å². The minimum absolute atomic E-state index is 0.413. The number of benzene rings is 2. The van der Waals surface area contributed by atoms with E-state index < -0.39 is 5.97 Å². The first-order chi connectivity index (χ1) is 12.1. The third kappa shape index (κ3) is 5.82. The van der Waals surface area contributed by atoms with E-state index in [1.807, 2.05) is 30.3 Å². The van der Waals surface area contributed by atoms with Crippen LogP contribution in [0.3, 0.4) is 0 Å². The molecule has 0 saturated carbocycles. The van der Waals surface area contributed by atoms with Crippen molar-refractivity contribution < 1.29 is 14.3 Å². The lowest BCUT2D eigenvalue weighted by molar-refractivity contribution is -0.130. The summed E-state index contributed by atoms with van der Waals surface area (Å²) < 4.78 is 10.9. The summed E-state index contributed by atoms with van der Waals surface area (Å²) in [5.74, 6) is 0.813. The average molecular weight is 335 g/mol. The topological polar surface area (TPSA) is 59.3 Å². The quantitative estimate of drug-likeness (QED) is 0.317. The van der Waals surface area contributed by atoms with E-state index >= 15 is 0 Å². The predicted molar refractivity (Wildman–Crippen MR) is 97.3 cm³/mol. The van der Waals surface area contributed by atoms with Crippen LogP contribution >= 0.6 is 0 Å². The fraction of sp³-hybridized carbons (Fsp3) is 0.238. The lowest BCUT2D eigenvalue weighted by Gasteiger charge is -2.06. The summed E-state index contributed by atoms with van der Waals surface area (Å²) in [6.45, 7) is 4.54. The van der Waals surface area contributed by atoms with E-state index in [1.165, 1.54) is 0 Å². The van der Waals surface area contributed by atoms with Gasteiger partial charge in [0.05, 0.1) is 18.2 Å². The second-order valence-corrected chi connectivity index (χ2v) is 5.62. The molecule has 0 unspecified atom stereocenters. The lowest BCUT2D eigenvalue weighted by Crippen LogP contribution is -2.09. The van der Waals surface area contributed by atoms with Crippen molar-refractivity contribution >= 4 is 12.0 Å². The molecule has 0 saturated heterocycles. The van der Waals surface area contributed by atoms with Gasteiger partial charge in [-0.05, 0) is 61.4 Å². The zero-order chi connectivity index (χ0) is 18.1. The fourth-order valence-electron chi connectivity index (χ4n) is 2.09. The maximum absolute atomic E-state index is 12.1. The van der Waals surface area contributed by atoms with Crippen molar-refractivity contribution in [3.8, 4) is 17.6 Å². The van der Waals surface area contributed by atoms with Crippen LogP contribution in [0.4, 0.5) is 0 Å². The first-order valence-electron chi connectivity index (χ1n) is 8.26. The molecule has 0 aliphatic carbocycles. The summed E-state index contributed by atoms with van der Waals surface area (Å²) in [5.41, 5.74) is 1.91. The van der Waals surface area contributed by atoms with Gasteiger partial charge in [0.15, 0.2) is 0 Å². The molecule has 4 heteroatoms. The molecule has 0 N–H and O–H groups in total. The highest BCUT2D eigenvalue weighted by Crippen LogP contribution is 2.17. The Bertz CT molecular complexity index is 768. The Morgan fingerprint density at radius 1 is 1.08 bits per heavy atom. The van der Waals surface area contributed by atoms with Gasteiger partial charge in [-0.2, -0.15) is 5.26 Å². The molecule has 2 rings (SSSR count). The highest BCUT2D eigenvalue weighted by atomic mass is 16.5. The SMILES string of the molecule is CCCCOc1ccc(C=C(C)C(=O)Oc2ccc(C#N)cc2)cc1. The number of carbonyl (C=O) groups is 1. The van der Waals surface area contributed by atoms with E-state index in [4.69, 9.17) is 14.7 Å². The van der Waals surface area contributed by atoms with Crippen LogP contribution in [0.15, 0.2) is 54.1 Å². The standard InChI is InChI=1S/C21H21NO3/c1-3-4-13-24-19-9-5-17(6-10-19)14-16(2)21(23)25-20-11-7-18(15-22)8-12-20/h5-12,14H,3-4,13H2,1-2H3. The number of nitriles is 1. The molecule has 0 bridgehead atoms. The van der Waals surface area contributed by atoms with E-state index in [0.717, 1.165) is 24.2 Å². The van der Waals surface area contributed by atoms with Gasteiger partial charge in [0.2, 0.25) is 0 Å². The molecule has 0 atom stereocenters. The summed E-state index contributed by atoms with van der Waals surface area (Å²) in [6, 6.07) is 16.0. The molecule has 2 aromatic rings. The average Bonchev–Trinajstić information content (AvgIpc) is 2.64. The van der Waals surface area contributed by atoms with Gasteiger partial charge in [0.1, 0.15) is 11.5 Å². The zero-order valence-corrected chi connectivity index (χ0v) is 14.5. The Morgan fingerprint density at radius 3 is 2.32 bits per heavy atom. The van der Waals surface area contributed by atoms with Crippen molar-refractivity contribution in [2.24, 2.45) is 0 Å². The number of carbonyl (C=O) groups excluding carboxylic acids is 1. The number of hydrogen-bond donors (Lipinski definition) is 0. The van der Waals surface area contributed by atoms with E-state index in [-0.39, 0.29) is 0 Å². The van der Waals surface area contributed by atoms with Crippen molar-refractivity contribution in [3.05, 3.63) is 65.2 Å². The monoisotopic (exact) mass is 335 g/mol. The molecule has 4 nitrogen and oxygen atoms in total. The van der Waals surface area contributed by atoms with Crippen LogP contribution < -0.4 is 9.47 Å². The van der Waals surface area contributed by atoms with Gasteiger partial charge in [0.25, 0.3) is 0 Å². The second kappa shape index (κ2) is 9.29. The Kier molecular flexibility index (Phi) is 6.79. The molecule has 0 amide bonds. The van der Waals surface area contributed by atoms with Gasteiger partial charge in [-0.25, -0.2) is 4.79 Å². The maximum atomic E-state index is 12.1. The molecule has 0 radical (unpaired) electrons. The van der Waals surface area contributed by atoms with Crippen molar-refractivity contribution in [2.75, 3.05) is 6.61 Å². The van der Waals surface area contributed by atoms with Gasteiger partial charge in [-0.3, -0.25) is 0 Å². The van der Waals surface area contributed by atoms with Gasteiger partial charge in [-0.15, -0.1) is 0 Å². The second-order valence-electron chi connectivity index (χ2n) is 5.62. The van der Waals surface area contributed by atoms with E-state index in [1.54, 1.807) is 37.3 Å². The minimum atomic E-state index is -0.423. The molecule has 2 aromatic carbocycles. The number of rotatable bonds is 7. The lowest BCUT2D eigenvalue weighted by atomic mass is 10.1. The van der Waals surface area contributed by atoms with Gasteiger partial charge >= 0.3 is 5.97 Å². The maximum Gasteiger partial charge on any atom is 0.339 e. The Labute approximate surface area is 148 Å². The predicted octanol–water partition coefficient (Wildman–Crippen LogP) is 4.75. The summed E-state index contributed by atoms with van der Waals surface area (Å²) >= 11 is 0. The third-order valence-corrected chi connectivity index (χ3v) is 3.55. The highest BCUT2D eigenvalue weighted by molar-refractivity contribution is 5.94. The fourth-order valence-corrected chi connectivity index (χ4v) is 2.09. The summed E-state index contributed by atoms with van der Waals surface area (Å²) in [4.78, 5) is 12.1. The smallest absolute Gasteiger partial charge is 0.339 e. The Balaban J connectivity index is 1.96. The van der Waals surface area contributed by atoms with E-state index in [0.29, 0.717) is 23.5 Å². The Morgan fingerprint density at radius 2 is 1.72 bits per heavy atom. The first kappa shape index (κ1) is 18.3. The number of ether oxygens (including phenoxy) is 2.